The second kappa shape index (κ2) is 7.44. The third kappa shape index (κ3) is 3.57. The van der Waals surface area contributed by atoms with E-state index in [4.69, 9.17) is 9.47 Å². The topological polar surface area (TPSA) is 73.7 Å². The Hall–Kier alpha value is -2.58. The maximum Gasteiger partial charge on any atom is 0.274 e. The van der Waals surface area contributed by atoms with Crippen molar-refractivity contribution in [1.29, 1.82) is 0 Å². The molecular formula is C20H22FN3O4. The Bertz CT molecular complexity index is 922. The fraction of sp³-hybridized carbons (Fsp3) is 0.450. The summed E-state index contributed by atoms with van der Waals surface area (Å²) in [6, 6.07) is 8.12. The quantitative estimate of drug-likeness (QED) is 0.803. The molecule has 2 aliphatic rings. The van der Waals surface area contributed by atoms with E-state index in [1.807, 2.05) is 6.92 Å². The van der Waals surface area contributed by atoms with E-state index in [2.05, 4.69) is 5.10 Å². The van der Waals surface area contributed by atoms with Crippen LogP contribution in [0, 0.1) is 5.82 Å². The molecule has 2 saturated heterocycles. The Balaban J connectivity index is 1.63. The third-order valence-electron chi connectivity index (χ3n) is 5.22. The molecule has 4 rings (SSSR count). The number of halogens is 1. The summed E-state index contributed by atoms with van der Waals surface area (Å²) in [5.74, 6) is -0.670. The number of rotatable bonds is 3. The van der Waals surface area contributed by atoms with E-state index < -0.39 is 17.0 Å². The fourth-order valence-electron chi connectivity index (χ4n) is 3.71. The zero-order valence-corrected chi connectivity index (χ0v) is 15.6. The normalized spacial score (nSPS) is 24.6. The fourth-order valence-corrected chi connectivity index (χ4v) is 3.71. The Morgan fingerprint density at radius 1 is 1.29 bits per heavy atom. The van der Waals surface area contributed by atoms with E-state index in [0.29, 0.717) is 32.0 Å². The monoisotopic (exact) mass is 387 g/mol. The van der Waals surface area contributed by atoms with Crippen LogP contribution in [0.1, 0.15) is 30.3 Å². The van der Waals surface area contributed by atoms with Crippen LogP contribution in [0.2, 0.25) is 0 Å². The van der Waals surface area contributed by atoms with Crippen LogP contribution >= 0.6 is 0 Å². The zero-order chi connectivity index (χ0) is 19.7. The Morgan fingerprint density at radius 3 is 2.75 bits per heavy atom. The lowest BCUT2D eigenvalue weighted by atomic mass is 9.98. The molecule has 0 radical (unpaired) electrons. The highest BCUT2D eigenvalue weighted by molar-refractivity contribution is 5.92. The van der Waals surface area contributed by atoms with E-state index in [-0.39, 0.29) is 17.7 Å². The van der Waals surface area contributed by atoms with E-state index in [1.165, 1.54) is 36.4 Å². The van der Waals surface area contributed by atoms with Gasteiger partial charge in [-0.3, -0.25) is 9.59 Å². The lowest BCUT2D eigenvalue weighted by Crippen LogP contribution is -2.57. The molecule has 0 bridgehead atoms. The lowest BCUT2D eigenvalue weighted by Gasteiger charge is -2.43. The van der Waals surface area contributed by atoms with Crippen molar-refractivity contribution in [2.45, 2.75) is 31.5 Å². The van der Waals surface area contributed by atoms with Crippen molar-refractivity contribution < 1.29 is 18.7 Å². The predicted molar refractivity (Wildman–Crippen MR) is 99.0 cm³/mol. The molecule has 2 aliphatic heterocycles. The number of amides is 1. The van der Waals surface area contributed by atoms with Gasteiger partial charge in [0, 0.05) is 25.6 Å². The van der Waals surface area contributed by atoms with Gasteiger partial charge in [-0.1, -0.05) is 6.92 Å². The number of benzene rings is 1. The number of morpholine rings is 1. The van der Waals surface area contributed by atoms with Gasteiger partial charge in [-0.25, -0.2) is 4.39 Å². The molecule has 148 valence electrons. The van der Waals surface area contributed by atoms with Crippen molar-refractivity contribution in [1.82, 2.24) is 14.7 Å². The van der Waals surface area contributed by atoms with Crippen LogP contribution in [0.5, 0.6) is 0 Å². The highest BCUT2D eigenvalue weighted by atomic mass is 19.1. The maximum atomic E-state index is 13.2. The molecule has 1 spiro atoms. The summed E-state index contributed by atoms with van der Waals surface area (Å²) < 4.78 is 26.0. The van der Waals surface area contributed by atoms with Gasteiger partial charge in [0.05, 0.1) is 24.9 Å². The number of aromatic nitrogens is 2. The smallest absolute Gasteiger partial charge is 0.274 e. The Kier molecular flexibility index (Phi) is 4.99. The van der Waals surface area contributed by atoms with E-state index in [1.54, 1.807) is 4.90 Å². The highest BCUT2D eigenvalue weighted by Crippen LogP contribution is 2.31. The summed E-state index contributed by atoms with van der Waals surface area (Å²) in [6.07, 6.45) is 1.46. The number of hydrogen-bond acceptors (Lipinski definition) is 5. The molecule has 2 fully saturated rings. The Labute approximate surface area is 161 Å². The predicted octanol–water partition coefficient (Wildman–Crippen LogP) is 1.78. The largest absolute Gasteiger partial charge is 0.378 e. The van der Waals surface area contributed by atoms with Gasteiger partial charge in [-0.05, 0) is 36.8 Å². The van der Waals surface area contributed by atoms with Gasteiger partial charge >= 0.3 is 0 Å². The summed E-state index contributed by atoms with van der Waals surface area (Å²) in [7, 11) is 0. The third-order valence-corrected chi connectivity index (χ3v) is 5.22. The molecule has 0 N–H and O–H groups in total. The van der Waals surface area contributed by atoms with Crippen LogP contribution in [0.3, 0.4) is 0 Å². The van der Waals surface area contributed by atoms with Gasteiger partial charge in [-0.15, -0.1) is 0 Å². The van der Waals surface area contributed by atoms with Gasteiger partial charge < -0.3 is 14.4 Å². The van der Waals surface area contributed by atoms with Crippen LogP contribution in [-0.4, -0.2) is 58.6 Å². The molecule has 8 heteroatoms. The second-order valence-corrected chi connectivity index (χ2v) is 7.26. The van der Waals surface area contributed by atoms with Gasteiger partial charge in [0.1, 0.15) is 17.1 Å². The van der Waals surface area contributed by atoms with Crippen LogP contribution in [-0.2, 0) is 9.47 Å². The first-order valence-corrected chi connectivity index (χ1v) is 9.41. The molecule has 2 atom stereocenters. The van der Waals surface area contributed by atoms with Gasteiger partial charge in [0.2, 0.25) is 0 Å². The molecule has 3 heterocycles. The molecule has 2 aromatic rings. The molecule has 1 aromatic carbocycles. The van der Waals surface area contributed by atoms with Gasteiger partial charge in [-0.2, -0.15) is 9.78 Å². The van der Waals surface area contributed by atoms with E-state index >= 15 is 0 Å². The molecule has 0 saturated carbocycles. The average Bonchev–Trinajstić information content (AvgIpc) is 3.15. The summed E-state index contributed by atoms with van der Waals surface area (Å²) in [5, 5.41) is 4.23. The zero-order valence-electron chi connectivity index (χ0n) is 15.6. The van der Waals surface area contributed by atoms with Crippen LogP contribution in [0.4, 0.5) is 4.39 Å². The average molecular weight is 387 g/mol. The summed E-state index contributed by atoms with van der Waals surface area (Å²) in [4.78, 5) is 27.1. The molecule has 0 unspecified atom stereocenters. The second-order valence-electron chi connectivity index (χ2n) is 7.26. The molecule has 1 aromatic heterocycles. The molecule has 0 aliphatic carbocycles. The lowest BCUT2D eigenvalue weighted by molar-refractivity contribution is -0.145. The summed E-state index contributed by atoms with van der Waals surface area (Å²) >= 11 is 0. The van der Waals surface area contributed by atoms with E-state index in [0.717, 1.165) is 17.5 Å². The summed E-state index contributed by atoms with van der Waals surface area (Å²) in [6.45, 7) is 4.01. The van der Waals surface area contributed by atoms with Crippen molar-refractivity contribution in [2.24, 2.45) is 0 Å². The number of nitrogens with zero attached hydrogens (tertiary/aromatic N) is 3. The van der Waals surface area contributed by atoms with Crippen LogP contribution < -0.4 is 5.56 Å². The number of ether oxygens (including phenoxy) is 2. The van der Waals surface area contributed by atoms with Crippen molar-refractivity contribution in [3.63, 3.8) is 0 Å². The van der Waals surface area contributed by atoms with Crippen molar-refractivity contribution in [3.8, 4) is 5.69 Å². The molecule has 28 heavy (non-hydrogen) atoms. The van der Waals surface area contributed by atoms with Crippen LogP contribution in [0.15, 0.2) is 41.2 Å². The molecular weight excluding hydrogens is 365 g/mol. The van der Waals surface area contributed by atoms with Crippen molar-refractivity contribution >= 4 is 5.91 Å². The maximum absolute atomic E-state index is 13.2. The Morgan fingerprint density at radius 2 is 2.07 bits per heavy atom. The minimum Gasteiger partial charge on any atom is -0.378 e. The number of hydrogen-bond donors (Lipinski definition) is 0. The molecule has 1 amide bonds. The number of carbonyl (C=O) groups excluding carboxylic acids is 1. The summed E-state index contributed by atoms with van der Waals surface area (Å²) in [5.41, 5.74) is -0.304. The SMILES string of the molecule is CC[C@@H]1CN(C(=O)c2ccc(=O)n(-c3ccc(F)cc3)n2)C[C@]2(CCOC2)O1. The first-order chi connectivity index (χ1) is 13.5. The first-order valence-electron chi connectivity index (χ1n) is 9.41. The van der Waals surface area contributed by atoms with Crippen molar-refractivity contribution in [3.05, 3.63) is 58.3 Å². The minimum absolute atomic E-state index is 0.0672. The standard InChI is InChI=1S/C20H22FN3O4/c1-2-16-11-23(12-20(28-16)9-10-27-13-20)19(26)17-7-8-18(25)24(22-17)15-5-3-14(21)4-6-15/h3-8,16H,2,9-13H2,1H3/t16-,20+/m1/s1. The highest BCUT2D eigenvalue weighted by Gasteiger charge is 2.45. The van der Waals surface area contributed by atoms with Crippen molar-refractivity contribution in [2.75, 3.05) is 26.3 Å². The number of carbonyl (C=O) groups is 1. The van der Waals surface area contributed by atoms with Gasteiger partial charge in [0.15, 0.2) is 0 Å². The molecule has 7 nitrogen and oxygen atoms in total. The van der Waals surface area contributed by atoms with E-state index in [9.17, 15) is 14.0 Å². The minimum atomic E-state index is -0.472. The van der Waals surface area contributed by atoms with Gasteiger partial charge in [0.25, 0.3) is 11.5 Å². The van der Waals surface area contributed by atoms with Crippen LogP contribution in [0.25, 0.3) is 5.69 Å². The first kappa shape index (κ1) is 18.8.